The molecule has 2 aliphatic carbocycles. The van der Waals surface area contributed by atoms with E-state index in [9.17, 15) is 9.59 Å². The van der Waals surface area contributed by atoms with Crippen LogP contribution in [0.2, 0.25) is 0 Å². The molecule has 0 bridgehead atoms. The summed E-state index contributed by atoms with van der Waals surface area (Å²) in [6, 6.07) is 0. The van der Waals surface area contributed by atoms with Gasteiger partial charge in [-0.25, -0.2) is 0 Å². The lowest BCUT2D eigenvalue weighted by Gasteiger charge is -2.66. The van der Waals surface area contributed by atoms with Gasteiger partial charge in [0.25, 0.3) is 0 Å². The largest absolute Gasteiger partial charge is 0.462 e. The average molecular weight is 407 g/mol. The van der Waals surface area contributed by atoms with Gasteiger partial charge < -0.3 is 14.2 Å². The van der Waals surface area contributed by atoms with Crippen molar-refractivity contribution in [2.45, 2.75) is 104 Å². The Morgan fingerprint density at radius 3 is 2.07 bits per heavy atom. The van der Waals surface area contributed by atoms with Crippen molar-refractivity contribution in [2.24, 2.45) is 22.7 Å². The number of ether oxygens (including phenoxy) is 3. The molecule has 3 aliphatic rings. The van der Waals surface area contributed by atoms with Crippen LogP contribution in [0.1, 0.15) is 80.6 Å². The van der Waals surface area contributed by atoms with Crippen molar-refractivity contribution in [1.82, 2.24) is 0 Å². The second kappa shape index (κ2) is 7.11. The van der Waals surface area contributed by atoms with Crippen LogP contribution in [0.25, 0.3) is 0 Å². The van der Waals surface area contributed by atoms with E-state index in [2.05, 4.69) is 34.3 Å². The number of hydrogen-bond donors (Lipinski definition) is 0. The second-order valence-corrected chi connectivity index (χ2v) is 10.7. The highest BCUT2D eigenvalue weighted by Crippen LogP contribution is 2.66. The van der Waals surface area contributed by atoms with E-state index in [1.807, 2.05) is 6.92 Å². The summed E-state index contributed by atoms with van der Waals surface area (Å²) in [6.45, 7) is 18.0. The number of fused-ring (bicyclic) bond motifs is 3. The van der Waals surface area contributed by atoms with Crippen molar-refractivity contribution in [3.8, 4) is 0 Å². The second-order valence-electron chi connectivity index (χ2n) is 10.7. The fourth-order valence-electron chi connectivity index (χ4n) is 7.09. The molecule has 5 heteroatoms. The number of carbonyl (C=O) groups is 2. The van der Waals surface area contributed by atoms with Gasteiger partial charge in [0.15, 0.2) is 0 Å². The minimum atomic E-state index is -0.690. The van der Waals surface area contributed by atoms with Gasteiger partial charge in [0.1, 0.15) is 17.8 Å². The molecule has 3 fully saturated rings. The van der Waals surface area contributed by atoms with E-state index >= 15 is 0 Å². The van der Waals surface area contributed by atoms with Crippen molar-refractivity contribution < 1.29 is 23.8 Å². The molecule has 1 aliphatic heterocycles. The van der Waals surface area contributed by atoms with Crippen LogP contribution in [0.4, 0.5) is 0 Å². The molecule has 1 heterocycles. The SMILES string of the molecule is C=C[C@]1(C)O[C@@]2(C)CC[C@@H]3C(C)(C)[C@@H](OC(C)=O)CC[C@@]3(C)[C@H]2C[C@H]1OC(C)=O. The van der Waals surface area contributed by atoms with Crippen molar-refractivity contribution in [1.29, 1.82) is 0 Å². The molecule has 29 heavy (non-hydrogen) atoms. The highest BCUT2D eigenvalue weighted by atomic mass is 16.6. The molecule has 0 aromatic heterocycles. The van der Waals surface area contributed by atoms with Gasteiger partial charge in [-0.05, 0) is 63.2 Å². The number of esters is 2. The smallest absolute Gasteiger partial charge is 0.303 e. The summed E-state index contributed by atoms with van der Waals surface area (Å²) < 4.78 is 18.2. The minimum absolute atomic E-state index is 0.0219. The van der Waals surface area contributed by atoms with Gasteiger partial charge >= 0.3 is 11.9 Å². The Labute approximate surface area is 175 Å². The maximum absolute atomic E-state index is 11.8. The highest BCUT2D eigenvalue weighted by Gasteiger charge is 2.65. The van der Waals surface area contributed by atoms with Crippen LogP contribution in [-0.2, 0) is 23.8 Å². The van der Waals surface area contributed by atoms with Crippen molar-refractivity contribution in [3.05, 3.63) is 12.7 Å². The Hall–Kier alpha value is -1.36. The summed E-state index contributed by atoms with van der Waals surface area (Å²) in [7, 11) is 0. The maximum atomic E-state index is 11.8. The maximum Gasteiger partial charge on any atom is 0.303 e. The van der Waals surface area contributed by atoms with E-state index in [0.717, 1.165) is 32.1 Å². The fraction of sp³-hybridized carbons (Fsp3) is 0.833. The summed E-state index contributed by atoms with van der Waals surface area (Å²) in [5.74, 6) is 0.168. The first-order chi connectivity index (χ1) is 13.3. The van der Waals surface area contributed by atoms with Gasteiger partial charge in [-0.3, -0.25) is 9.59 Å². The van der Waals surface area contributed by atoms with Crippen molar-refractivity contribution >= 4 is 11.9 Å². The molecule has 0 aromatic carbocycles. The first kappa shape index (κ1) is 22.3. The summed E-state index contributed by atoms with van der Waals surface area (Å²) in [5, 5.41) is 0. The predicted molar refractivity (Wildman–Crippen MR) is 111 cm³/mol. The van der Waals surface area contributed by atoms with Gasteiger partial charge in [-0.15, -0.1) is 6.58 Å². The monoisotopic (exact) mass is 406 g/mol. The molecule has 0 aromatic rings. The van der Waals surface area contributed by atoms with Crippen LogP contribution < -0.4 is 0 Å². The Balaban J connectivity index is 1.96. The Kier molecular flexibility index (Phi) is 5.47. The summed E-state index contributed by atoms with van der Waals surface area (Å²) in [6.07, 6.45) is 5.93. The summed E-state index contributed by atoms with van der Waals surface area (Å²) >= 11 is 0. The molecule has 164 valence electrons. The van der Waals surface area contributed by atoms with E-state index in [1.54, 1.807) is 6.08 Å². The molecule has 0 amide bonds. The minimum Gasteiger partial charge on any atom is -0.462 e. The Morgan fingerprint density at radius 1 is 0.931 bits per heavy atom. The number of rotatable bonds is 3. The molecule has 0 unspecified atom stereocenters. The summed E-state index contributed by atoms with van der Waals surface area (Å²) in [4.78, 5) is 23.5. The third-order valence-corrected chi connectivity index (χ3v) is 8.50. The van der Waals surface area contributed by atoms with Gasteiger partial charge in [0, 0.05) is 19.3 Å². The van der Waals surface area contributed by atoms with Crippen LogP contribution in [0.15, 0.2) is 12.7 Å². The first-order valence-corrected chi connectivity index (χ1v) is 11.0. The van der Waals surface area contributed by atoms with E-state index < -0.39 is 5.60 Å². The molecule has 5 nitrogen and oxygen atoms in total. The topological polar surface area (TPSA) is 61.8 Å². The van der Waals surface area contributed by atoms with Crippen molar-refractivity contribution in [2.75, 3.05) is 0 Å². The van der Waals surface area contributed by atoms with Crippen LogP contribution in [0, 0.1) is 22.7 Å². The lowest BCUT2D eigenvalue weighted by atomic mass is 9.43. The zero-order valence-electron chi connectivity index (χ0n) is 19.2. The molecular formula is C24H38O5. The van der Waals surface area contributed by atoms with Gasteiger partial charge in [-0.1, -0.05) is 26.8 Å². The molecule has 0 radical (unpaired) electrons. The highest BCUT2D eigenvalue weighted by molar-refractivity contribution is 5.66. The van der Waals surface area contributed by atoms with E-state index in [4.69, 9.17) is 14.2 Å². The predicted octanol–water partition coefficient (Wildman–Crippen LogP) is 4.83. The van der Waals surface area contributed by atoms with Crippen LogP contribution in [0.5, 0.6) is 0 Å². The zero-order valence-corrected chi connectivity index (χ0v) is 19.2. The quantitative estimate of drug-likeness (QED) is 0.496. The summed E-state index contributed by atoms with van der Waals surface area (Å²) in [5.41, 5.74) is -1.08. The Bertz CT molecular complexity index is 699. The van der Waals surface area contributed by atoms with Crippen LogP contribution in [-0.4, -0.2) is 35.3 Å². The van der Waals surface area contributed by atoms with E-state index in [0.29, 0.717) is 5.92 Å². The van der Waals surface area contributed by atoms with E-state index in [1.165, 1.54) is 13.8 Å². The van der Waals surface area contributed by atoms with Gasteiger partial charge in [0.05, 0.1) is 5.60 Å². The lowest BCUT2D eigenvalue weighted by Crippen LogP contribution is -2.67. The molecule has 0 spiro atoms. The Morgan fingerprint density at radius 2 is 1.52 bits per heavy atom. The third kappa shape index (κ3) is 3.54. The number of hydrogen-bond acceptors (Lipinski definition) is 5. The van der Waals surface area contributed by atoms with E-state index in [-0.39, 0.29) is 46.5 Å². The standard InChI is InChI=1S/C24H38O5/c1-9-23(7)20(28-16(3)26)14-18-22(6)12-11-19(27-15(2)25)21(4,5)17(22)10-13-24(18,8)29-23/h9,17-20H,1,10-14H2,2-8H3/t17-,18-,19+,20-,22-,23+,24+/m1/s1. The van der Waals surface area contributed by atoms with Crippen LogP contribution >= 0.6 is 0 Å². The molecule has 2 saturated carbocycles. The van der Waals surface area contributed by atoms with Gasteiger partial charge in [0.2, 0.25) is 0 Å². The van der Waals surface area contributed by atoms with Gasteiger partial charge in [-0.2, -0.15) is 0 Å². The normalized spacial score (nSPS) is 46.0. The lowest BCUT2D eigenvalue weighted by molar-refractivity contribution is -0.291. The fourth-order valence-corrected chi connectivity index (χ4v) is 7.09. The van der Waals surface area contributed by atoms with Crippen molar-refractivity contribution in [3.63, 3.8) is 0 Å². The molecular weight excluding hydrogens is 368 g/mol. The molecule has 0 N–H and O–H groups in total. The molecule has 7 atom stereocenters. The zero-order chi connectivity index (χ0) is 21.8. The molecule has 1 saturated heterocycles. The average Bonchev–Trinajstić information content (AvgIpc) is 2.58. The molecule has 3 rings (SSSR count). The first-order valence-electron chi connectivity index (χ1n) is 11.0. The number of carbonyl (C=O) groups excluding carboxylic acids is 2. The third-order valence-electron chi connectivity index (χ3n) is 8.50. The van der Waals surface area contributed by atoms with Crippen LogP contribution in [0.3, 0.4) is 0 Å².